The fourth-order valence-corrected chi connectivity index (χ4v) is 1.16. The van der Waals surface area contributed by atoms with Crippen LogP contribution in [0.1, 0.15) is 13.3 Å². The van der Waals surface area contributed by atoms with Crippen molar-refractivity contribution < 1.29 is 13.6 Å². The minimum atomic E-state index is -3.44. The molecule has 0 aromatic carbocycles. The highest BCUT2D eigenvalue weighted by atomic mass is 28.3. The monoisotopic (exact) mass is 230 g/mol. The van der Waals surface area contributed by atoms with Crippen molar-refractivity contribution >= 4 is 13.9 Å². The summed E-state index contributed by atoms with van der Waals surface area (Å²) < 4.78 is 26.1. The summed E-state index contributed by atoms with van der Waals surface area (Å²) in [5.74, 6) is -2.71. The zero-order valence-electron chi connectivity index (χ0n) is 9.53. The lowest BCUT2D eigenvalue weighted by molar-refractivity contribution is -0.130. The van der Waals surface area contributed by atoms with E-state index in [2.05, 4.69) is 5.54 Å². The molecule has 84 valence electrons. The Hall–Kier alpha value is -0.953. The van der Waals surface area contributed by atoms with Gasteiger partial charge in [0.2, 0.25) is 0 Å². The number of ketones is 1. The van der Waals surface area contributed by atoms with Crippen LogP contribution in [-0.2, 0) is 4.79 Å². The molecule has 0 radical (unpaired) electrons. The van der Waals surface area contributed by atoms with Crippen LogP contribution in [0.15, 0.2) is 12.2 Å². The van der Waals surface area contributed by atoms with E-state index in [9.17, 15) is 13.6 Å². The molecule has 0 atom stereocenters. The molecule has 0 bridgehead atoms. The van der Waals surface area contributed by atoms with Gasteiger partial charge < -0.3 is 0 Å². The minimum Gasteiger partial charge on any atom is -0.278 e. The molecule has 0 aliphatic rings. The molecule has 15 heavy (non-hydrogen) atoms. The predicted octanol–water partition coefficient (Wildman–Crippen LogP) is 3.04. The van der Waals surface area contributed by atoms with E-state index in [1.807, 2.05) is 25.6 Å². The molecule has 0 saturated heterocycles. The van der Waals surface area contributed by atoms with Gasteiger partial charge in [-0.2, -0.15) is 8.78 Å². The normalized spacial score (nSPS) is 12.4. The molecule has 0 N–H and O–H groups in total. The van der Waals surface area contributed by atoms with Gasteiger partial charge in [0.1, 0.15) is 8.07 Å². The first-order chi connectivity index (χ1) is 6.69. The Labute approximate surface area is 90.6 Å². The molecule has 0 aromatic heterocycles. The second kappa shape index (κ2) is 5.22. The largest absolute Gasteiger partial charge is 0.335 e. The zero-order valence-corrected chi connectivity index (χ0v) is 10.5. The van der Waals surface area contributed by atoms with Gasteiger partial charge >= 0.3 is 5.92 Å². The van der Waals surface area contributed by atoms with Gasteiger partial charge in [-0.15, -0.1) is 5.54 Å². The maximum atomic E-state index is 13.1. The van der Waals surface area contributed by atoms with Crippen LogP contribution in [0.25, 0.3) is 0 Å². The molecule has 0 fully saturated rings. The van der Waals surface area contributed by atoms with E-state index in [4.69, 9.17) is 0 Å². The molecular formula is C11H16F2OSi. The second-order valence-corrected chi connectivity index (χ2v) is 9.01. The van der Waals surface area contributed by atoms with E-state index in [1.165, 1.54) is 6.08 Å². The van der Waals surface area contributed by atoms with Crippen molar-refractivity contribution in [3.63, 3.8) is 0 Å². The molecule has 0 aliphatic heterocycles. The average molecular weight is 230 g/mol. The number of carbonyl (C=O) groups excluding carboxylic acids is 1. The van der Waals surface area contributed by atoms with E-state index >= 15 is 0 Å². The molecule has 1 nitrogen and oxygen atoms in total. The summed E-state index contributed by atoms with van der Waals surface area (Å²) in [6.45, 7) is 7.42. The van der Waals surface area contributed by atoms with Crippen molar-refractivity contribution in [1.29, 1.82) is 0 Å². The smallest absolute Gasteiger partial charge is 0.278 e. The first-order valence-corrected chi connectivity index (χ1v) is 8.32. The molecule has 4 heteroatoms. The summed E-state index contributed by atoms with van der Waals surface area (Å²) in [5.41, 5.74) is 2.63. The molecule has 0 aromatic rings. The van der Waals surface area contributed by atoms with Gasteiger partial charge in [0.15, 0.2) is 0 Å². The van der Waals surface area contributed by atoms with Crippen molar-refractivity contribution in [3.8, 4) is 11.5 Å². The average Bonchev–Trinajstić information content (AvgIpc) is 2.09. The van der Waals surface area contributed by atoms with Crippen LogP contribution in [0.2, 0.25) is 19.6 Å². The standard InChI is InChI=1S/C11H16F2OSi/c1-5-6-8-11(12,13)10(14)7-9-15(2,3)4/h6,8H,5H2,1-4H3/b8-6+. The Bertz CT molecular complexity index is 316. The lowest BCUT2D eigenvalue weighted by Crippen LogP contribution is -2.26. The second-order valence-electron chi connectivity index (χ2n) is 4.26. The predicted molar refractivity (Wildman–Crippen MR) is 60.5 cm³/mol. The van der Waals surface area contributed by atoms with Gasteiger partial charge in [0, 0.05) is 0 Å². The van der Waals surface area contributed by atoms with Crippen molar-refractivity contribution in [3.05, 3.63) is 12.2 Å². The highest BCUT2D eigenvalue weighted by molar-refractivity contribution is 6.84. The topological polar surface area (TPSA) is 17.1 Å². The number of alkyl halides is 2. The number of hydrogen-bond acceptors (Lipinski definition) is 1. The molecule has 0 unspecified atom stereocenters. The van der Waals surface area contributed by atoms with Crippen molar-refractivity contribution in [1.82, 2.24) is 0 Å². The highest BCUT2D eigenvalue weighted by Gasteiger charge is 2.33. The summed E-state index contributed by atoms with van der Waals surface area (Å²) in [6, 6.07) is 0. The summed E-state index contributed by atoms with van der Waals surface area (Å²) in [5, 5.41) is 0. The number of hydrogen-bond donors (Lipinski definition) is 0. The fourth-order valence-electron chi connectivity index (χ4n) is 0.669. The van der Waals surface area contributed by atoms with Crippen molar-refractivity contribution in [2.45, 2.75) is 38.9 Å². The van der Waals surface area contributed by atoms with Gasteiger partial charge in [-0.05, 0) is 18.4 Å². The first-order valence-electron chi connectivity index (χ1n) is 4.82. The van der Waals surface area contributed by atoms with Crippen LogP contribution in [0, 0.1) is 11.5 Å². The van der Waals surface area contributed by atoms with E-state index in [0.29, 0.717) is 12.5 Å². The lowest BCUT2D eigenvalue weighted by Gasteiger charge is -2.07. The molecule has 0 heterocycles. The van der Waals surface area contributed by atoms with Crippen LogP contribution in [0.3, 0.4) is 0 Å². The number of carbonyl (C=O) groups is 1. The molecule has 0 amide bonds. The van der Waals surface area contributed by atoms with E-state index < -0.39 is 19.8 Å². The summed E-state index contributed by atoms with van der Waals surface area (Å²) in [4.78, 5) is 11.1. The summed E-state index contributed by atoms with van der Waals surface area (Å²) in [6.07, 6.45) is 2.37. The Morgan fingerprint density at radius 1 is 1.40 bits per heavy atom. The maximum absolute atomic E-state index is 13.1. The molecule has 0 aliphatic carbocycles. The molecule has 0 rings (SSSR count). The van der Waals surface area contributed by atoms with Gasteiger partial charge in [0.25, 0.3) is 5.78 Å². The Balaban J connectivity index is 4.70. The third kappa shape index (κ3) is 6.18. The minimum absolute atomic E-state index is 0.477. The van der Waals surface area contributed by atoms with Gasteiger partial charge in [-0.1, -0.05) is 32.6 Å². The number of halogens is 2. The zero-order chi connectivity index (χ0) is 12.1. The lowest BCUT2D eigenvalue weighted by atomic mass is 10.2. The molecular weight excluding hydrogens is 214 g/mol. The SMILES string of the molecule is CC/C=C/C(F)(F)C(=O)C#C[Si](C)(C)C. The number of rotatable bonds is 3. The van der Waals surface area contributed by atoms with Crippen LogP contribution in [0.4, 0.5) is 8.78 Å². The van der Waals surface area contributed by atoms with Gasteiger partial charge in [0.05, 0.1) is 0 Å². The maximum Gasteiger partial charge on any atom is 0.335 e. The van der Waals surface area contributed by atoms with Crippen molar-refractivity contribution in [2.24, 2.45) is 0 Å². The molecule has 0 saturated carbocycles. The van der Waals surface area contributed by atoms with Crippen LogP contribution < -0.4 is 0 Å². The van der Waals surface area contributed by atoms with Crippen LogP contribution in [-0.4, -0.2) is 19.8 Å². The van der Waals surface area contributed by atoms with E-state index in [-0.39, 0.29) is 0 Å². The Kier molecular flexibility index (Phi) is 4.89. The Morgan fingerprint density at radius 3 is 2.33 bits per heavy atom. The molecule has 0 spiro atoms. The quantitative estimate of drug-likeness (QED) is 0.414. The number of Topliss-reactive ketones (excluding diaryl/α,β-unsaturated/α-hetero) is 1. The van der Waals surface area contributed by atoms with Crippen LogP contribution >= 0.6 is 0 Å². The highest BCUT2D eigenvalue weighted by Crippen LogP contribution is 2.16. The summed E-state index contributed by atoms with van der Waals surface area (Å²) in [7, 11) is -1.77. The third-order valence-corrected chi connectivity index (χ3v) is 2.29. The fraction of sp³-hybridized carbons (Fsp3) is 0.545. The van der Waals surface area contributed by atoms with Crippen molar-refractivity contribution in [2.75, 3.05) is 0 Å². The van der Waals surface area contributed by atoms with Gasteiger partial charge in [-0.25, -0.2) is 0 Å². The third-order valence-electron chi connectivity index (χ3n) is 1.42. The first kappa shape index (κ1) is 14.0. The van der Waals surface area contributed by atoms with E-state index in [0.717, 1.165) is 0 Å². The Morgan fingerprint density at radius 2 is 1.93 bits per heavy atom. The van der Waals surface area contributed by atoms with Crippen LogP contribution in [0.5, 0.6) is 0 Å². The number of allylic oxidation sites excluding steroid dienone is 2. The van der Waals surface area contributed by atoms with Gasteiger partial charge in [-0.3, -0.25) is 4.79 Å². The van der Waals surface area contributed by atoms with E-state index in [1.54, 1.807) is 6.92 Å². The summed E-state index contributed by atoms with van der Waals surface area (Å²) >= 11 is 0.